The first-order valence-corrected chi connectivity index (χ1v) is 14.6. The van der Waals surface area contributed by atoms with Gasteiger partial charge in [0.15, 0.2) is 0 Å². The van der Waals surface area contributed by atoms with E-state index in [1.54, 1.807) is 17.5 Å². The molecule has 8 nitrogen and oxygen atoms in total. The van der Waals surface area contributed by atoms with Gasteiger partial charge in [-0.15, -0.1) is 0 Å². The number of aromatic nitrogens is 1. The van der Waals surface area contributed by atoms with Gasteiger partial charge >= 0.3 is 0 Å². The highest BCUT2D eigenvalue weighted by Gasteiger charge is 2.47. The minimum absolute atomic E-state index is 0.525. The normalized spacial score (nSPS) is 22.7. The summed E-state index contributed by atoms with van der Waals surface area (Å²) in [7, 11) is -1.15. The fraction of sp³-hybridized carbons (Fsp3) is 0.519. The Kier molecular flexibility index (Phi) is 5.87. The smallest absolute Gasteiger partial charge is 0.129 e. The summed E-state index contributed by atoms with van der Waals surface area (Å²) in [5, 5.41) is 1.60. The van der Waals surface area contributed by atoms with Gasteiger partial charge in [0, 0.05) is 49.7 Å². The van der Waals surface area contributed by atoms with Crippen molar-refractivity contribution >= 4 is 39.6 Å². The number of hydrogen-bond acceptors (Lipinski definition) is 7. The molecule has 192 valence electrons. The highest BCUT2D eigenvalue weighted by atomic mass is 32.2. The molecule has 2 spiro atoms. The van der Waals surface area contributed by atoms with Crippen molar-refractivity contribution in [1.29, 1.82) is 0 Å². The van der Waals surface area contributed by atoms with Crippen LogP contribution in [0.1, 0.15) is 50.6 Å². The molecule has 1 atom stereocenters. The summed E-state index contributed by atoms with van der Waals surface area (Å²) >= 11 is 0. The summed E-state index contributed by atoms with van der Waals surface area (Å²) in [4.78, 5) is 9.59. The van der Waals surface area contributed by atoms with E-state index in [0.29, 0.717) is 16.5 Å². The molecule has 1 aromatic heterocycles. The molecule has 2 saturated carbocycles. The van der Waals surface area contributed by atoms with Crippen LogP contribution in [0.4, 0.5) is 22.9 Å². The molecule has 1 aromatic carbocycles. The average Bonchev–Trinajstić information content (AvgIpc) is 3.56. The van der Waals surface area contributed by atoms with Gasteiger partial charge in [0.2, 0.25) is 0 Å². The number of rotatable bonds is 7. The van der Waals surface area contributed by atoms with E-state index in [1.165, 1.54) is 44.9 Å². The first-order valence-electron chi connectivity index (χ1n) is 13.1. The second-order valence-corrected chi connectivity index (χ2v) is 12.4. The molecule has 0 amide bonds. The molecular formula is C27H37N7OS. The Bertz CT molecular complexity index is 1190. The van der Waals surface area contributed by atoms with Crippen molar-refractivity contribution < 1.29 is 4.21 Å². The molecule has 0 bridgehead atoms. The van der Waals surface area contributed by atoms with Gasteiger partial charge in [0.1, 0.15) is 16.8 Å². The van der Waals surface area contributed by atoms with E-state index in [0.717, 1.165) is 54.8 Å². The van der Waals surface area contributed by atoms with Gasteiger partial charge in [-0.3, -0.25) is 5.01 Å². The van der Waals surface area contributed by atoms with E-state index in [1.807, 2.05) is 30.3 Å². The summed E-state index contributed by atoms with van der Waals surface area (Å²) in [6.45, 7) is 4.19. The predicted octanol–water partition coefficient (Wildman–Crippen LogP) is 3.80. The van der Waals surface area contributed by atoms with Crippen LogP contribution in [0, 0.1) is 10.8 Å². The monoisotopic (exact) mass is 507 g/mol. The van der Waals surface area contributed by atoms with E-state index in [-0.39, 0.29) is 0 Å². The van der Waals surface area contributed by atoms with E-state index in [2.05, 4.69) is 20.6 Å². The second-order valence-electron chi connectivity index (χ2n) is 11.3. The highest BCUT2D eigenvalue weighted by Crippen LogP contribution is 2.54. The quantitative estimate of drug-likeness (QED) is 0.387. The number of pyridine rings is 1. The summed E-state index contributed by atoms with van der Waals surface area (Å²) < 4.78 is 14.8. The van der Waals surface area contributed by atoms with Crippen molar-refractivity contribution in [1.82, 2.24) is 4.98 Å². The van der Waals surface area contributed by atoms with Crippen LogP contribution in [0.2, 0.25) is 0 Å². The Morgan fingerprint density at radius 1 is 1.06 bits per heavy atom. The maximum absolute atomic E-state index is 11.8. The first-order chi connectivity index (χ1) is 17.3. The number of anilines is 4. The minimum atomic E-state index is -1.15. The molecule has 5 N–H and O–H groups in total. The van der Waals surface area contributed by atoms with Crippen LogP contribution in [0.5, 0.6) is 0 Å². The maximum Gasteiger partial charge on any atom is 0.129 e. The Morgan fingerprint density at radius 2 is 1.81 bits per heavy atom. The van der Waals surface area contributed by atoms with Crippen LogP contribution < -0.4 is 31.1 Å². The van der Waals surface area contributed by atoms with Crippen molar-refractivity contribution in [2.75, 3.05) is 52.0 Å². The fourth-order valence-corrected chi connectivity index (χ4v) is 6.55. The van der Waals surface area contributed by atoms with Crippen molar-refractivity contribution in [3.05, 3.63) is 48.3 Å². The topological polar surface area (TPSA) is 104 Å². The SMILES string of the molecule is CS(=O)Nc1ccc(N(N)/C=C(\N)c2cccc(N3CC4(CCC4)C3)n2)c(N2CCC3(CC2)CC3)c1. The summed E-state index contributed by atoms with van der Waals surface area (Å²) in [6, 6.07) is 11.9. The van der Waals surface area contributed by atoms with Gasteiger partial charge in [-0.2, -0.15) is 0 Å². The Balaban J connectivity index is 1.23. The van der Waals surface area contributed by atoms with Crippen LogP contribution in [0.15, 0.2) is 42.6 Å². The van der Waals surface area contributed by atoms with E-state index in [4.69, 9.17) is 16.6 Å². The molecular weight excluding hydrogens is 470 g/mol. The molecule has 2 aliphatic carbocycles. The lowest BCUT2D eigenvalue weighted by Crippen LogP contribution is -2.60. The van der Waals surface area contributed by atoms with Crippen molar-refractivity contribution in [3.8, 4) is 0 Å². The van der Waals surface area contributed by atoms with E-state index >= 15 is 0 Å². The van der Waals surface area contributed by atoms with Crippen LogP contribution in [0.25, 0.3) is 5.70 Å². The third-order valence-electron chi connectivity index (χ3n) is 8.74. The lowest BCUT2D eigenvalue weighted by Gasteiger charge is -2.56. The number of piperidine rings is 1. The number of nitrogens with one attached hydrogen (secondary N) is 1. The molecule has 3 heterocycles. The lowest BCUT2D eigenvalue weighted by molar-refractivity contribution is 0.0896. The molecule has 6 rings (SSSR count). The van der Waals surface area contributed by atoms with Gasteiger partial charge < -0.3 is 20.3 Å². The van der Waals surface area contributed by atoms with Crippen molar-refractivity contribution in [2.24, 2.45) is 22.4 Å². The highest BCUT2D eigenvalue weighted by molar-refractivity contribution is 7.85. The summed E-state index contributed by atoms with van der Waals surface area (Å²) in [5.41, 5.74) is 11.6. The maximum atomic E-state index is 11.8. The minimum Gasteiger partial charge on any atom is -0.396 e. The van der Waals surface area contributed by atoms with Gasteiger partial charge in [-0.1, -0.05) is 12.5 Å². The molecule has 2 saturated heterocycles. The molecule has 36 heavy (non-hydrogen) atoms. The third kappa shape index (κ3) is 4.54. The van der Waals surface area contributed by atoms with E-state index < -0.39 is 11.0 Å². The van der Waals surface area contributed by atoms with Gasteiger partial charge in [-0.05, 0) is 74.3 Å². The Labute approximate surface area is 216 Å². The molecule has 1 unspecified atom stereocenters. The number of hydrazine groups is 1. The van der Waals surface area contributed by atoms with Crippen molar-refractivity contribution in [2.45, 2.75) is 44.9 Å². The standard InChI is InChI=1S/C27H37N7OS/c1-36(35)31-20-6-7-23(24(16-20)32-14-12-26(10-11-26)13-15-32)34(29)17-21(28)22-4-2-5-25(30-22)33-18-27(19-33)8-3-9-27/h2,4-7,16-17,31H,3,8-15,18-19,28-29H2,1H3/b21-17-. The Morgan fingerprint density at radius 3 is 2.44 bits per heavy atom. The van der Waals surface area contributed by atoms with Crippen LogP contribution in [0.3, 0.4) is 0 Å². The van der Waals surface area contributed by atoms with Crippen molar-refractivity contribution in [3.63, 3.8) is 0 Å². The second kappa shape index (κ2) is 8.95. The van der Waals surface area contributed by atoms with Crippen LogP contribution in [-0.2, 0) is 11.0 Å². The molecule has 0 radical (unpaired) electrons. The lowest BCUT2D eigenvalue weighted by atomic mass is 9.63. The number of benzene rings is 1. The number of nitrogens with zero attached hydrogens (tertiary/aromatic N) is 4. The number of hydrogen-bond donors (Lipinski definition) is 3. The fourth-order valence-electron chi connectivity index (χ4n) is 6.09. The molecule has 2 aliphatic heterocycles. The first kappa shape index (κ1) is 23.6. The van der Waals surface area contributed by atoms with Crippen LogP contribution >= 0.6 is 0 Å². The third-order valence-corrected chi connectivity index (χ3v) is 9.26. The zero-order valence-electron chi connectivity index (χ0n) is 21.1. The number of nitrogens with two attached hydrogens (primary N) is 2. The zero-order chi connectivity index (χ0) is 24.9. The van der Waals surface area contributed by atoms with Gasteiger partial charge in [0.05, 0.1) is 22.8 Å². The Hall–Kier alpha value is -2.78. The van der Waals surface area contributed by atoms with Crippen LogP contribution in [-0.4, -0.2) is 41.6 Å². The van der Waals surface area contributed by atoms with Gasteiger partial charge in [-0.25, -0.2) is 15.0 Å². The summed E-state index contributed by atoms with van der Waals surface area (Å²) in [5.74, 6) is 7.57. The largest absolute Gasteiger partial charge is 0.396 e. The summed E-state index contributed by atoms with van der Waals surface area (Å²) in [6.07, 6.45) is 12.6. The average molecular weight is 508 g/mol. The van der Waals surface area contributed by atoms with Gasteiger partial charge in [0.25, 0.3) is 0 Å². The molecule has 2 aromatic rings. The molecule has 4 aliphatic rings. The van der Waals surface area contributed by atoms with E-state index in [9.17, 15) is 4.21 Å². The molecule has 4 fully saturated rings. The molecule has 9 heteroatoms. The zero-order valence-corrected chi connectivity index (χ0v) is 21.9. The predicted molar refractivity (Wildman–Crippen MR) is 149 cm³/mol.